The maximum atomic E-state index is 8.82. The zero-order valence-corrected chi connectivity index (χ0v) is 11.6. The Morgan fingerprint density at radius 2 is 2.00 bits per heavy atom. The molecule has 0 fully saturated rings. The lowest BCUT2D eigenvalue weighted by Crippen LogP contribution is -1.88. The molecule has 0 aliphatic heterocycles. The molecule has 0 spiro atoms. The van der Waals surface area contributed by atoms with Gasteiger partial charge in [0, 0.05) is 10.6 Å². The average Bonchev–Trinajstić information content (AvgIpc) is 2.39. The largest absolute Gasteiger partial charge is 0.192 e. The molecule has 0 N–H and O–H groups in total. The van der Waals surface area contributed by atoms with Crippen molar-refractivity contribution >= 4 is 23.4 Å². The molecule has 0 unspecified atom stereocenters. The topological polar surface area (TPSA) is 23.8 Å². The zero-order chi connectivity index (χ0) is 13.0. The number of nitriles is 1. The number of aryl methyl sites for hydroxylation is 1. The fraction of sp³-hybridized carbons (Fsp3) is 0.133. The SMILES string of the molecule is Cc1cc(C#N)ccc1CSc1ccccc1Cl. The third kappa shape index (κ3) is 3.07. The second-order valence-corrected chi connectivity index (χ2v) is 5.40. The molecular formula is C15H12ClNS. The zero-order valence-electron chi connectivity index (χ0n) is 9.98. The number of hydrogen-bond donors (Lipinski definition) is 0. The van der Waals surface area contributed by atoms with Crippen molar-refractivity contribution in [1.82, 2.24) is 0 Å². The molecule has 1 nitrogen and oxygen atoms in total. The van der Waals surface area contributed by atoms with E-state index in [9.17, 15) is 0 Å². The summed E-state index contributed by atoms with van der Waals surface area (Å²) in [4.78, 5) is 1.09. The Balaban J connectivity index is 2.12. The molecule has 0 saturated heterocycles. The Hall–Kier alpha value is -1.43. The summed E-state index contributed by atoms with van der Waals surface area (Å²) in [6.45, 7) is 2.03. The molecule has 0 aromatic heterocycles. The summed E-state index contributed by atoms with van der Waals surface area (Å²) in [6, 6.07) is 15.8. The molecule has 2 rings (SSSR count). The molecule has 0 aliphatic carbocycles. The Kier molecular flexibility index (Phi) is 4.30. The second kappa shape index (κ2) is 5.95. The molecular weight excluding hydrogens is 262 g/mol. The van der Waals surface area contributed by atoms with Crippen LogP contribution in [0.2, 0.25) is 5.02 Å². The van der Waals surface area contributed by atoms with Crippen molar-refractivity contribution < 1.29 is 0 Å². The predicted molar refractivity (Wildman–Crippen MR) is 76.9 cm³/mol. The van der Waals surface area contributed by atoms with Gasteiger partial charge in [-0.25, -0.2) is 0 Å². The first kappa shape index (κ1) is 13.0. The monoisotopic (exact) mass is 273 g/mol. The molecule has 2 aromatic rings. The van der Waals surface area contributed by atoms with E-state index < -0.39 is 0 Å². The van der Waals surface area contributed by atoms with Gasteiger partial charge in [0.25, 0.3) is 0 Å². The van der Waals surface area contributed by atoms with Crippen LogP contribution in [-0.4, -0.2) is 0 Å². The molecule has 90 valence electrons. The van der Waals surface area contributed by atoms with Crippen molar-refractivity contribution in [3.63, 3.8) is 0 Å². The highest BCUT2D eigenvalue weighted by Gasteiger charge is 2.03. The van der Waals surface area contributed by atoms with Gasteiger partial charge in [0.05, 0.1) is 16.7 Å². The van der Waals surface area contributed by atoms with Crippen molar-refractivity contribution in [3.8, 4) is 6.07 Å². The van der Waals surface area contributed by atoms with Crippen molar-refractivity contribution in [3.05, 3.63) is 64.2 Å². The van der Waals surface area contributed by atoms with Gasteiger partial charge in [-0.1, -0.05) is 29.8 Å². The summed E-state index contributed by atoms with van der Waals surface area (Å²) in [5.74, 6) is 0.862. The van der Waals surface area contributed by atoms with Crippen LogP contribution in [0.1, 0.15) is 16.7 Å². The predicted octanol–water partition coefficient (Wildman–Crippen LogP) is 4.81. The third-order valence-electron chi connectivity index (χ3n) is 2.69. The molecule has 0 bridgehead atoms. The van der Waals surface area contributed by atoms with E-state index in [0.29, 0.717) is 5.56 Å². The highest BCUT2D eigenvalue weighted by atomic mass is 35.5. The van der Waals surface area contributed by atoms with Crippen molar-refractivity contribution in [1.29, 1.82) is 5.26 Å². The Bertz CT molecular complexity index is 602. The van der Waals surface area contributed by atoms with Crippen LogP contribution in [0.5, 0.6) is 0 Å². The lowest BCUT2D eigenvalue weighted by molar-refractivity contribution is 1.29. The Labute approximate surface area is 116 Å². The first-order valence-electron chi connectivity index (χ1n) is 5.57. The molecule has 2 aromatic carbocycles. The first-order chi connectivity index (χ1) is 8.70. The number of hydrogen-bond acceptors (Lipinski definition) is 2. The Morgan fingerprint density at radius 3 is 2.67 bits per heavy atom. The van der Waals surface area contributed by atoms with Crippen molar-refractivity contribution in [2.45, 2.75) is 17.6 Å². The van der Waals surface area contributed by atoms with Gasteiger partial charge >= 0.3 is 0 Å². The lowest BCUT2D eigenvalue weighted by atomic mass is 10.1. The quantitative estimate of drug-likeness (QED) is 0.749. The van der Waals surface area contributed by atoms with Crippen LogP contribution in [0.15, 0.2) is 47.4 Å². The van der Waals surface area contributed by atoms with Gasteiger partial charge in [-0.3, -0.25) is 0 Å². The number of benzene rings is 2. The fourth-order valence-corrected chi connectivity index (χ4v) is 2.96. The smallest absolute Gasteiger partial charge is 0.0991 e. The van der Waals surface area contributed by atoms with Crippen LogP contribution >= 0.6 is 23.4 Å². The van der Waals surface area contributed by atoms with Crippen LogP contribution < -0.4 is 0 Å². The third-order valence-corrected chi connectivity index (χ3v) is 4.26. The maximum absolute atomic E-state index is 8.82. The molecule has 18 heavy (non-hydrogen) atoms. The summed E-state index contributed by atoms with van der Waals surface area (Å²) in [7, 11) is 0. The summed E-state index contributed by atoms with van der Waals surface area (Å²) >= 11 is 7.83. The van der Waals surface area contributed by atoms with E-state index in [1.807, 2.05) is 49.4 Å². The van der Waals surface area contributed by atoms with E-state index in [1.54, 1.807) is 11.8 Å². The number of rotatable bonds is 3. The molecule has 3 heteroatoms. The molecule has 0 heterocycles. The van der Waals surface area contributed by atoms with E-state index in [1.165, 1.54) is 5.56 Å². The van der Waals surface area contributed by atoms with Crippen LogP contribution in [0, 0.1) is 18.3 Å². The van der Waals surface area contributed by atoms with Crippen LogP contribution in [0.4, 0.5) is 0 Å². The standard InChI is InChI=1S/C15H12ClNS/c1-11-8-12(9-17)6-7-13(11)10-18-15-5-3-2-4-14(15)16/h2-8H,10H2,1H3. The molecule has 0 atom stereocenters. The average molecular weight is 274 g/mol. The van der Waals surface area contributed by atoms with E-state index in [4.69, 9.17) is 16.9 Å². The van der Waals surface area contributed by atoms with E-state index in [0.717, 1.165) is 21.2 Å². The van der Waals surface area contributed by atoms with Gasteiger partial charge < -0.3 is 0 Å². The van der Waals surface area contributed by atoms with Gasteiger partial charge in [0.1, 0.15) is 0 Å². The number of halogens is 1. The van der Waals surface area contributed by atoms with Crippen molar-refractivity contribution in [2.24, 2.45) is 0 Å². The van der Waals surface area contributed by atoms with Gasteiger partial charge in [0.2, 0.25) is 0 Å². The highest BCUT2D eigenvalue weighted by molar-refractivity contribution is 7.98. The van der Waals surface area contributed by atoms with Crippen LogP contribution in [-0.2, 0) is 5.75 Å². The van der Waals surface area contributed by atoms with E-state index in [2.05, 4.69) is 6.07 Å². The summed E-state index contributed by atoms with van der Waals surface area (Å²) in [5, 5.41) is 9.61. The summed E-state index contributed by atoms with van der Waals surface area (Å²) in [5.41, 5.74) is 3.09. The minimum Gasteiger partial charge on any atom is -0.192 e. The molecule has 0 aliphatic rings. The van der Waals surface area contributed by atoms with Gasteiger partial charge in [-0.05, 0) is 42.3 Å². The number of thioether (sulfide) groups is 1. The Morgan fingerprint density at radius 1 is 1.22 bits per heavy atom. The number of nitrogens with zero attached hydrogens (tertiary/aromatic N) is 1. The van der Waals surface area contributed by atoms with Crippen LogP contribution in [0.3, 0.4) is 0 Å². The van der Waals surface area contributed by atoms with Gasteiger partial charge in [-0.2, -0.15) is 5.26 Å². The normalized spacial score (nSPS) is 10.1. The van der Waals surface area contributed by atoms with E-state index in [-0.39, 0.29) is 0 Å². The van der Waals surface area contributed by atoms with E-state index >= 15 is 0 Å². The fourth-order valence-electron chi connectivity index (χ4n) is 1.64. The molecule has 0 amide bonds. The minimum absolute atomic E-state index is 0.707. The highest BCUT2D eigenvalue weighted by Crippen LogP contribution is 2.30. The summed E-state index contributed by atoms with van der Waals surface area (Å²) < 4.78 is 0. The molecule has 0 radical (unpaired) electrons. The molecule has 0 saturated carbocycles. The van der Waals surface area contributed by atoms with Crippen LogP contribution in [0.25, 0.3) is 0 Å². The van der Waals surface area contributed by atoms with Gasteiger partial charge in [0.15, 0.2) is 0 Å². The van der Waals surface area contributed by atoms with Gasteiger partial charge in [-0.15, -0.1) is 11.8 Å². The summed E-state index contributed by atoms with van der Waals surface area (Å²) in [6.07, 6.45) is 0. The minimum atomic E-state index is 0.707. The second-order valence-electron chi connectivity index (χ2n) is 3.97. The maximum Gasteiger partial charge on any atom is 0.0991 e. The van der Waals surface area contributed by atoms with Crippen molar-refractivity contribution in [2.75, 3.05) is 0 Å². The first-order valence-corrected chi connectivity index (χ1v) is 6.94. The lowest BCUT2D eigenvalue weighted by Gasteiger charge is -2.07.